The van der Waals surface area contributed by atoms with Gasteiger partial charge in [-0.25, -0.2) is 10.8 Å². The molecule has 2 unspecified atom stereocenters. The lowest BCUT2D eigenvalue weighted by molar-refractivity contribution is 0.189. The molecular formula is C13H22N4. The summed E-state index contributed by atoms with van der Waals surface area (Å²) in [6, 6.07) is 5.45. The van der Waals surface area contributed by atoms with Crippen LogP contribution in [-0.2, 0) is 6.54 Å². The number of nitrogens with two attached hydrogens (primary N) is 1. The fourth-order valence-corrected chi connectivity index (χ4v) is 2.66. The molecule has 2 heterocycles. The van der Waals surface area contributed by atoms with E-state index in [9.17, 15) is 0 Å². The quantitative estimate of drug-likeness (QED) is 0.619. The SMILES string of the molecule is CCC1CCC(C)N1Cc1ccc(NN)nc1. The van der Waals surface area contributed by atoms with Crippen molar-refractivity contribution in [1.29, 1.82) is 0 Å². The zero-order valence-electron chi connectivity index (χ0n) is 10.7. The first-order valence-corrected chi connectivity index (χ1v) is 6.42. The third-order valence-corrected chi connectivity index (χ3v) is 3.76. The normalized spacial score (nSPS) is 25.1. The van der Waals surface area contributed by atoms with Crippen molar-refractivity contribution in [1.82, 2.24) is 9.88 Å². The number of nitrogens with one attached hydrogen (secondary N) is 1. The molecule has 0 bridgehead atoms. The Morgan fingerprint density at radius 2 is 2.29 bits per heavy atom. The van der Waals surface area contributed by atoms with Crippen LogP contribution in [0.1, 0.15) is 38.7 Å². The molecule has 1 aromatic rings. The number of hydrogen-bond acceptors (Lipinski definition) is 4. The van der Waals surface area contributed by atoms with Crippen molar-refractivity contribution in [3.8, 4) is 0 Å². The van der Waals surface area contributed by atoms with E-state index in [1.165, 1.54) is 24.8 Å². The van der Waals surface area contributed by atoms with Crippen molar-refractivity contribution in [2.75, 3.05) is 5.43 Å². The molecule has 1 saturated heterocycles. The van der Waals surface area contributed by atoms with Gasteiger partial charge in [-0.15, -0.1) is 0 Å². The van der Waals surface area contributed by atoms with Gasteiger partial charge in [0.15, 0.2) is 0 Å². The Morgan fingerprint density at radius 3 is 2.88 bits per heavy atom. The molecule has 94 valence electrons. The molecule has 1 aromatic heterocycles. The van der Waals surface area contributed by atoms with E-state index in [-0.39, 0.29) is 0 Å². The molecule has 0 spiro atoms. The van der Waals surface area contributed by atoms with Crippen LogP contribution >= 0.6 is 0 Å². The van der Waals surface area contributed by atoms with Gasteiger partial charge in [-0.05, 0) is 37.8 Å². The first-order valence-electron chi connectivity index (χ1n) is 6.42. The zero-order chi connectivity index (χ0) is 12.3. The summed E-state index contributed by atoms with van der Waals surface area (Å²) in [5.74, 6) is 6.02. The van der Waals surface area contributed by atoms with Gasteiger partial charge in [-0.1, -0.05) is 13.0 Å². The number of pyridine rings is 1. The van der Waals surface area contributed by atoms with Gasteiger partial charge in [0.25, 0.3) is 0 Å². The maximum atomic E-state index is 5.31. The van der Waals surface area contributed by atoms with Crippen LogP contribution in [0.5, 0.6) is 0 Å². The van der Waals surface area contributed by atoms with Crippen LogP contribution in [-0.4, -0.2) is 22.0 Å². The molecule has 0 radical (unpaired) electrons. The Labute approximate surface area is 103 Å². The van der Waals surface area contributed by atoms with E-state index in [0.29, 0.717) is 6.04 Å². The summed E-state index contributed by atoms with van der Waals surface area (Å²) in [5, 5.41) is 0. The number of rotatable bonds is 4. The first-order chi connectivity index (χ1) is 8.24. The summed E-state index contributed by atoms with van der Waals surface area (Å²) in [5.41, 5.74) is 3.81. The molecule has 1 fully saturated rings. The lowest BCUT2D eigenvalue weighted by Gasteiger charge is -2.27. The van der Waals surface area contributed by atoms with Gasteiger partial charge < -0.3 is 5.43 Å². The summed E-state index contributed by atoms with van der Waals surface area (Å²) in [7, 11) is 0. The second kappa shape index (κ2) is 5.47. The fraction of sp³-hybridized carbons (Fsp3) is 0.615. The number of nitrogen functional groups attached to an aromatic ring is 1. The molecule has 4 heteroatoms. The molecule has 0 saturated carbocycles. The number of anilines is 1. The predicted octanol–water partition coefficient (Wildman–Crippen LogP) is 2.13. The van der Waals surface area contributed by atoms with Crippen molar-refractivity contribution >= 4 is 5.82 Å². The standard InChI is InChI=1S/C13H22N4/c1-3-12-6-4-10(2)17(12)9-11-5-7-13(16-14)15-8-11/h5,7-8,10,12H,3-4,6,9,14H2,1-2H3,(H,15,16). The summed E-state index contributed by atoms with van der Waals surface area (Å²) in [6.45, 7) is 5.59. The summed E-state index contributed by atoms with van der Waals surface area (Å²) in [4.78, 5) is 6.84. The molecule has 17 heavy (non-hydrogen) atoms. The van der Waals surface area contributed by atoms with Crippen molar-refractivity contribution in [2.45, 2.75) is 51.7 Å². The van der Waals surface area contributed by atoms with Crippen molar-refractivity contribution in [3.05, 3.63) is 23.9 Å². The summed E-state index contributed by atoms with van der Waals surface area (Å²) < 4.78 is 0. The average Bonchev–Trinajstić information content (AvgIpc) is 2.71. The predicted molar refractivity (Wildman–Crippen MR) is 70.4 cm³/mol. The molecule has 1 aliphatic rings. The van der Waals surface area contributed by atoms with E-state index in [0.717, 1.165) is 18.4 Å². The van der Waals surface area contributed by atoms with Crippen molar-refractivity contribution in [3.63, 3.8) is 0 Å². The molecule has 0 aliphatic carbocycles. The highest BCUT2D eigenvalue weighted by Gasteiger charge is 2.28. The smallest absolute Gasteiger partial charge is 0.139 e. The van der Waals surface area contributed by atoms with Crippen LogP contribution in [0.25, 0.3) is 0 Å². The Bertz CT molecular complexity index is 349. The molecular weight excluding hydrogens is 212 g/mol. The molecule has 1 aliphatic heterocycles. The molecule has 3 N–H and O–H groups in total. The van der Waals surface area contributed by atoms with E-state index in [2.05, 4.69) is 35.2 Å². The monoisotopic (exact) mass is 234 g/mol. The average molecular weight is 234 g/mol. The molecule has 0 amide bonds. The van der Waals surface area contributed by atoms with Gasteiger partial charge >= 0.3 is 0 Å². The molecule has 2 rings (SSSR count). The zero-order valence-corrected chi connectivity index (χ0v) is 10.7. The number of likely N-dealkylation sites (tertiary alicyclic amines) is 1. The molecule has 2 atom stereocenters. The highest BCUT2D eigenvalue weighted by Crippen LogP contribution is 2.27. The lowest BCUT2D eigenvalue weighted by Crippen LogP contribution is -2.33. The first kappa shape index (κ1) is 12.3. The number of aromatic nitrogens is 1. The lowest BCUT2D eigenvalue weighted by atomic mass is 10.1. The molecule has 4 nitrogen and oxygen atoms in total. The van der Waals surface area contributed by atoms with Gasteiger partial charge in [0.1, 0.15) is 5.82 Å². The van der Waals surface area contributed by atoms with Gasteiger partial charge in [-0.2, -0.15) is 0 Å². The fourth-order valence-electron chi connectivity index (χ4n) is 2.66. The second-order valence-corrected chi connectivity index (χ2v) is 4.86. The van der Waals surface area contributed by atoms with Gasteiger partial charge in [0.05, 0.1) is 0 Å². The van der Waals surface area contributed by atoms with Crippen LogP contribution in [0.4, 0.5) is 5.82 Å². The number of hydrogen-bond donors (Lipinski definition) is 2. The van der Waals surface area contributed by atoms with Gasteiger partial charge in [-0.3, -0.25) is 4.90 Å². The Morgan fingerprint density at radius 1 is 1.47 bits per heavy atom. The topological polar surface area (TPSA) is 54.2 Å². The molecule has 0 aromatic carbocycles. The van der Waals surface area contributed by atoms with Crippen LogP contribution in [0.15, 0.2) is 18.3 Å². The Balaban J connectivity index is 2.03. The van der Waals surface area contributed by atoms with Crippen molar-refractivity contribution < 1.29 is 0 Å². The van der Waals surface area contributed by atoms with E-state index in [1.54, 1.807) is 0 Å². The van der Waals surface area contributed by atoms with Gasteiger partial charge in [0.2, 0.25) is 0 Å². The highest BCUT2D eigenvalue weighted by molar-refractivity contribution is 5.33. The highest BCUT2D eigenvalue weighted by atomic mass is 15.2. The number of nitrogens with zero attached hydrogens (tertiary/aromatic N) is 2. The van der Waals surface area contributed by atoms with E-state index < -0.39 is 0 Å². The van der Waals surface area contributed by atoms with E-state index in [1.807, 2.05) is 12.3 Å². The van der Waals surface area contributed by atoms with Crippen molar-refractivity contribution in [2.24, 2.45) is 5.84 Å². The van der Waals surface area contributed by atoms with Crippen LogP contribution in [0.2, 0.25) is 0 Å². The Hall–Kier alpha value is -1.13. The third kappa shape index (κ3) is 2.76. The van der Waals surface area contributed by atoms with E-state index in [4.69, 9.17) is 5.84 Å². The minimum atomic E-state index is 0.687. The minimum Gasteiger partial charge on any atom is -0.308 e. The largest absolute Gasteiger partial charge is 0.308 e. The van der Waals surface area contributed by atoms with E-state index >= 15 is 0 Å². The second-order valence-electron chi connectivity index (χ2n) is 4.86. The summed E-state index contributed by atoms with van der Waals surface area (Å²) in [6.07, 6.45) is 5.79. The Kier molecular flexibility index (Phi) is 3.97. The van der Waals surface area contributed by atoms with Crippen LogP contribution < -0.4 is 11.3 Å². The third-order valence-electron chi connectivity index (χ3n) is 3.76. The summed E-state index contributed by atoms with van der Waals surface area (Å²) >= 11 is 0. The minimum absolute atomic E-state index is 0.687. The van der Waals surface area contributed by atoms with Crippen LogP contribution in [0.3, 0.4) is 0 Å². The number of hydrazine groups is 1. The van der Waals surface area contributed by atoms with Crippen LogP contribution in [0, 0.1) is 0 Å². The maximum Gasteiger partial charge on any atom is 0.139 e. The maximum absolute atomic E-state index is 5.31. The van der Waals surface area contributed by atoms with Gasteiger partial charge in [0, 0.05) is 24.8 Å².